The molecule has 2 heteroatoms. The van der Waals surface area contributed by atoms with Gasteiger partial charge in [-0.3, -0.25) is 4.98 Å². The van der Waals surface area contributed by atoms with Gasteiger partial charge in [0.2, 0.25) is 0 Å². The second-order valence-electron chi connectivity index (χ2n) is 5.22. The summed E-state index contributed by atoms with van der Waals surface area (Å²) in [5.74, 6) is 0. The number of nitrogens with zero attached hydrogens (tertiary/aromatic N) is 2. The maximum atomic E-state index is 4.85. The number of fused-ring (bicyclic) bond motifs is 3. The third-order valence-electron chi connectivity index (χ3n) is 3.73. The molecule has 0 saturated heterocycles. The van der Waals surface area contributed by atoms with Crippen molar-refractivity contribution in [3.8, 4) is 11.3 Å². The highest BCUT2D eigenvalue weighted by molar-refractivity contribution is 6.03. The monoisotopic (exact) mass is 300 g/mol. The van der Waals surface area contributed by atoms with Gasteiger partial charge in [0.1, 0.15) is 0 Å². The Morgan fingerprint density at radius 3 is 1.87 bits per heavy atom. The number of rotatable bonds is 1. The van der Waals surface area contributed by atoms with E-state index < -0.39 is 0 Å². The maximum absolute atomic E-state index is 4.85. The van der Waals surface area contributed by atoms with Gasteiger partial charge in [-0.2, -0.15) is 0 Å². The Kier molecular flexibility index (Phi) is 4.33. The fraction of sp³-hybridized carbons (Fsp3) is 0.143. The molecule has 0 aliphatic rings. The van der Waals surface area contributed by atoms with Crippen molar-refractivity contribution in [1.29, 1.82) is 0 Å². The van der Waals surface area contributed by atoms with Crippen LogP contribution in [0.4, 0.5) is 0 Å². The second-order valence-corrected chi connectivity index (χ2v) is 5.22. The van der Waals surface area contributed by atoms with Gasteiger partial charge in [0, 0.05) is 22.0 Å². The second kappa shape index (κ2) is 6.57. The van der Waals surface area contributed by atoms with Crippen molar-refractivity contribution in [2.24, 2.45) is 0 Å². The standard InChI is InChI=1S/C19H14N2.C2H6/c1-13-7-8-15-9-10-16-11-12-17(14-5-3-2-4-6-14)21-19(16)18(15)20-13;1-2/h2-12H,1H3;1-2H3. The molecular formula is C21H20N2. The van der Waals surface area contributed by atoms with Gasteiger partial charge in [0.25, 0.3) is 0 Å². The predicted molar refractivity (Wildman–Crippen MR) is 98.6 cm³/mol. The topological polar surface area (TPSA) is 25.8 Å². The van der Waals surface area contributed by atoms with Crippen molar-refractivity contribution < 1.29 is 0 Å². The number of hydrogen-bond donors (Lipinski definition) is 0. The van der Waals surface area contributed by atoms with E-state index >= 15 is 0 Å². The quantitative estimate of drug-likeness (QED) is 0.416. The molecule has 2 aromatic carbocycles. The molecule has 0 radical (unpaired) electrons. The van der Waals surface area contributed by atoms with Crippen LogP contribution in [0.3, 0.4) is 0 Å². The largest absolute Gasteiger partial charge is 0.251 e. The van der Waals surface area contributed by atoms with E-state index in [1.807, 2.05) is 45.0 Å². The minimum absolute atomic E-state index is 0.970. The van der Waals surface area contributed by atoms with Crippen LogP contribution < -0.4 is 0 Å². The SMILES string of the molecule is CC.Cc1ccc2ccc3ccc(-c4ccccc4)nc3c2n1. The summed E-state index contributed by atoms with van der Waals surface area (Å²) in [5.41, 5.74) is 5.08. The van der Waals surface area contributed by atoms with Crippen LogP contribution in [0.5, 0.6) is 0 Å². The van der Waals surface area contributed by atoms with Gasteiger partial charge in [-0.05, 0) is 19.1 Å². The maximum Gasteiger partial charge on any atom is 0.0972 e. The first-order valence-electron chi connectivity index (χ1n) is 8.04. The van der Waals surface area contributed by atoms with Crippen LogP contribution in [0.2, 0.25) is 0 Å². The molecule has 0 amide bonds. The summed E-state index contributed by atoms with van der Waals surface area (Å²) in [6, 6.07) is 22.8. The van der Waals surface area contributed by atoms with E-state index in [0.717, 1.165) is 38.8 Å². The third kappa shape index (κ3) is 2.93. The molecule has 2 heterocycles. The van der Waals surface area contributed by atoms with Crippen LogP contribution in [0.1, 0.15) is 19.5 Å². The van der Waals surface area contributed by atoms with E-state index in [-0.39, 0.29) is 0 Å². The Morgan fingerprint density at radius 2 is 1.17 bits per heavy atom. The van der Waals surface area contributed by atoms with Gasteiger partial charge >= 0.3 is 0 Å². The van der Waals surface area contributed by atoms with Crippen molar-refractivity contribution in [3.05, 3.63) is 72.4 Å². The van der Waals surface area contributed by atoms with E-state index in [9.17, 15) is 0 Å². The molecule has 114 valence electrons. The molecule has 0 N–H and O–H groups in total. The molecule has 0 unspecified atom stereocenters. The zero-order valence-electron chi connectivity index (χ0n) is 13.7. The number of pyridine rings is 2. The lowest BCUT2D eigenvalue weighted by atomic mass is 10.1. The van der Waals surface area contributed by atoms with Crippen LogP contribution in [0, 0.1) is 6.92 Å². The summed E-state index contributed by atoms with van der Waals surface area (Å²) < 4.78 is 0. The average Bonchev–Trinajstić information content (AvgIpc) is 2.63. The van der Waals surface area contributed by atoms with E-state index in [2.05, 4.69) is 47.4 Å². The van der Waals surface area contributed by atoms with Gasteiger partial charge in [-0.25, -0.2) is 4.98 Å². The minimum atomic E-state index is 0.970. The summed E-state index contributed by atoms with van der Waals surface area (Å²) in [6.45, 7) is 6.01. The molecule has 23 heavy (non-hydrogen) atoms. The van der Waals surface area contributed by atoms with Gasteiger partial charge in [0.15, 0.2) is 0 Å². The molecule has 2 nitrogen and oxygen atoms in total. The van der Waals surface area contributed by atoms with Crippen molar-refractivity contribution in [1.82, 2.24) is 9.97 Å². The average molecular weight is 300 g/mol. The summed E-state index contributed by atoms with van der Waals surface area (Å²) in [4.78, 5) is 9.53. The molecule has 0 bridgehead atoms. The number of benzene rings is 2. The highest BCUT2D eigenvalue weighted by Gasteiger charge is 2.06. The highest BCUT2D eigenvalue weighted by Crippen LogP contribution is 2.26. The Balaban J connectivity index is 0.000000753. The zero-order chi connectivity index (χ0) is 16.2. The zero-order valence-corrected chi connectivity index (χ0v) is 13.7. The molecule has 0 spiro atoms. The summed E-state index contributed by atoms with van der Waals surface area (Å²) in [7, 11) is 0. The lowest BCUT2D eigenvalue weighted by molar-refractivity contribution is 1.25. The fourth-order valence-corrected chi connectivity index (χ4v) is 2.63. The third-order valence-corrected chi connectivity index (χ3v) is 3.73. The van der Waals surface area contributed by atoms with E-state index in [1.54, 1.807) is 0 Å². The molecule has 0 atom stereocenters. The van der Waals surface area contributed by atoms with Crippen molar-refractivity contribution in [3.63, 3.8) is 0 Å². The number of hydrogen-bond acceptors (Lipinski definition) is 2. The highest BCUT2D eigenvalue weighted by atomic mass is 14.8. The molecule has 0 saturated carbocycles. The van der Waals surface area contributed by atoms with Crippen molar-refractivity contribution in [2.75, 3.05) is 0 Å². The van der Waals surface area contributed by atoms with Crippen LogP contribution >= 0.6 is 0 Å². The molecule has 0 aliphatic heterocycles. The van der Waals surface area contributed by atoms with E-state index in [0.29, 0.717) is 0 Å². The lowest BCUT2D eigenvalue weighted by Crippen LogP contribution is -1.90. The van der Waals surface area contributed by atoms with Crippen molar-refractivity contribution in [2.45, 2.75) is 20.8 Å². The van der Waals surface area contributed by atoms with Crippen LogP contribution in [-0.2, 0) is 0 Å². The number of aryl methyl sites for hydroxylation is 1. The van der Waals surface area contributed by atoms with Crippen LogP contribution in [0.25, 0.3) is 33.1 Å². The van der Waals surface area contributed by atoms with Crippen LogP contribution in [-0.4, -0.2) is 9.97 Å². The fourth-order valence-electron chi connectivity index (χ4n) is 2.63. The molecule has 0 aliphatic carbocycles. The lowest BCUT2D eigenvalue weighted by Gasteiger charge is -2.06. The molecular weight excluding hydrogens is 280 g/mol. The molecule has 0 fully saturated rings. The minimum Gasteiger partial charge on any atom is -0.251 e. The Hall–Kier alpha value is -2.74. The van der Waals surface area contributed by atoms with Gasteiger partial charge in [-0.15, -0.1) is 0 Å². The van der Waals surface area contributed by atoms with Gasteiger partial charge in [-0.1, -0.05) is 68.4 Å². The Morgan fingerprint density at radius 1 is 0.609 bits per heavy atom. The summed E-state index contributed by atoms with van der Waals surface area (Å²) in [5, 5.41) is 2.26. The normalized spacial score (nSPS) is 10.4. The van der Waals surface area contributed by atoms with Crippen LogP contribution in [0.15, 0.2) is 66.7 Å². The van der Waals surface area contributed by atoms with Crippen molar-refractivity contribution >= 4 is 21.8 Å². The predicted octanol–water partition coefficient (Wildman–Crippen LogP) is 5.78. The first-order chi connectivity index (χ1) is 11.3. The van der Waals surface area contributed by atoms with Gasteiger partial charge in [0.05, 0.1) is 16.7 Å². The number of aromatic nitrogens is 2. The molecule has 4 rings (SSSR count). The summed E-state index contributed by atoms with van der Waals surface area (Å²) >= 11 is 0. The van der Waals surface area contributed by atoms with E-state index in [1.165, 1.54) is 0 Å². The smallest absolute Gasteiger partial charge is 0.0972 e. The first kappa shape index (κ1) is 15.2. The molecule has 2 aromatic heterocycles. The Bertz CT molecular complexity index is 944. The Labute approximate surface area is 136 Å². The van der Waals surface area contributed by atoms with Gasteiger partial charge < -0.3 is 0 Å². The summed E-state index contributed by atoms with van der Waals surface area (Å²) in [6.07, 6.45) is 0. The molecule has 4 aromatic rings. The first-order valence-corrected chi connectivity index (χ1v) is 8.04. The van der Waals surface area contributed by atoms with E-state index in [4.69, 9.17) is 4.98 Å².